The van der Waals surface area contributed by atoms with Crippen molar-refractivity contribution in [3.63, 3.8) is 0 Å². The lowest BCUT2D eigenvalue weighted by Crippen LogP contribution is -2.51. The monoisotopic (exact) mass is 374 g/mol. The number of amides is 2. The molecule has 1 aromatic carbocycles. The van der Waals surface area contributed by atoms with Gasteiger partial charge in [-0.25, -0.2) is 4.52 Å². The lowest BCUT2D eigenvalue weighted by Gasteiger charge is -2.35. The van der Waals surface area contributed by atoms with Gasteiger partial charge in [0.1, 0.15) is 0 Å². The number of aromatic nitrogens is 2. The average molecular weight is 374 g/mol. The van der Waals surface area contributed by atoms with Gasteiger partial charge in [0.15, 0.2) is 0 Å². The van der Waals surface area contributed by atoms with Crippen molar-refractivity contribution in [3.05, 3.63) is 60.3 Å². The first kappa shape index (κ1) is 17.0. The van der Waals surface area contributed by atoms with Crippen molar-refractivity contribution in [2.24, 2.45) is 5.92 Å². The molecule has 1 saturated carbocycles. The predicted octanol–water partition coefficient (Wildman–Crippen LogP) is 2.70. The van der Waals surface area contributed by atoms with Crippen LogP contribution in [-0.4, -0.2) is 57.4 Å². The largest absolute Gasteiger partial charge is 0.339 e. The van der Waals surface area contributed by atoms with Gasteiger partial charge in [-0.3, -0.25) is 9.59 Å². The SMILES string of the molecule is O=C(c1ccc(-c2cc3ccccn3n2)cc1)N1CCN(C(=O)C2CC2)CC1. The van der Waals surface area contributed by atoms with E-state index in [0.717, 1.165) is 29.6 Å². The molecule has 28 heavy (non-hydrogen) atoms. The number of pyridine rings is 1. The van der Waals surface area contributed by atoms with Gasteiger partial charge in [-0.2, -0.15) is 5.10 Å². The standard InChI is InChI=1S/C22H22N4O2/c27-21(24-11-13-25(14-12-24)22(28)18-8-9-18)17-6-4-16(5-7-17)20-15-19-3-1-2-10-26(19)23-20/h1-7,10,15,18H,8-9,11-14H2. The number of carbonyl (C=O) groups is 2. The van der Waals surface area contributed by atoms with E-state index in [0.29, 0.717) is 31.7 Å². The Morgan fingerprint density at radius 3 is 2.29 bits per heavy atom. The predicted molar refractivity (Wildman–Crippen MR) is 106 cm³/mol. The second kappa shape index (κ2) is 6.78. The summed E-state index contributed by atoms with van der Waals surface area (Å²) in [4.78, 5) is 28.7. The maximum atomic E-state index is 12.8. The number of fused-ring (bicyclic) bond motifs is 1. The summed E-state index contributed by atoms with van der Waals surface area (Å²) < 4.78 is 1.84. The molecule has 3 heterocycles. The molecule has 0 bridgehead atoms. The molecule has 0 unspecified atom stereocenters. The normalized spacial score (nSPS) is 17.1. The summed E-state index contributed by atoms with van der Waals surface area (Å²) in [7, 11) is 0. The fraction of sp³-hybridized carbons (Fsp3) is 0.318. The van der Waals surface area contributed by atoms with E-state index >= 15 is 0 Å². The highest BCUT2D eigenvalue weighted by Crippen LogP contribution is 2.31. The summed E-state index contributed by atoms with van der Waals surface area (Å²) in [5, 5.41) is 4.58. The summed E-state index contributed by atoms with van der Waals surface area (Å²) in [6.45, 7) is 2.48. The molecule has 1 aliphatic carbocycles. The van der Waals surface area contributed by atoms with Gasteiger partial charge < -0.3 is 9.80 Å². The van der Waals surface area contributed by atoms with Gasteiger partial charge in [0.2, 0.25) is 5.91 Å². The van der Waals surface area contributed by atoms with E-state index in [-0.39, 0.29) is 17.7 Å². The first-order chi connectivity index (χ1) is 13.7. The van der Waals surface area contributed by atoms with Crippen LogP contribution in [0.3, 0.4) is 0 Å². The third-order valence-electron chi connectivity index (χ3n) is 5.60. The number of benzene rings is 1. The number of hydrogen-bond acceptors (Lipinski definition) is 3. The maximum Gasteiger partial charge on any atom is 0.253 e. The molecule has 142 valence electrons. The highest BCUT2D eigenvalue weighted by molar-refractivity contribution is 5.95. The van der Waals surface area contributed by atoms with E-state index in [9.17, 15) is 9.59 Å². The van der Waals surface area contributed by atoms with Crippen molar-refractivity contribution in [2.75, 3.05) is 26.2 Å². The zero-order valence-corrected chi connectivity index (χ0v) is 15.6. The van der Waals surface area contributed by atoms with Crippen LogP contribution in [0.1, 0.15) is 23.2 Å². The van der Waals surface area contributed by atoms with E-state index in [2.05, 4.69) is 5.10 Å². The Morgan fingerprint density at radius 1 is 0.893 bits per heavy atom. The van der Waals surface area contributed by atoms with Crippen molar-refractivity contribution >= 4 is 17.3 Å². The molecule has 5 rings (SSSR count). The van der Waals surface area contributed by atoms with Crippen LogP contribution in [0.15, 0.2) is 54.7 Å². The van der Waals surface area contributed by atoms with Crippen LogP contribution in [-0.2, 0) is 4.79 Å². The van der Waals surface area contributed by atoms with Crippen LogP contribution < -0.4 is 0 Å². The molecule has 0 radical (unpaired) electrons. The third-order valence-corrected chi connectivity index (χ3v) is 5.60. The van der Waals surface area contributed by atoms with E-state index < -0.39 is 0 Å². The van der Waals surface area contributed by atoms with Gasteiger partial charge in [-0.1, -0.05) is 18.2 Å². The van der Waals surface area contributed by atoms with Crippen LogP contribution >= 0.6 is 0 Å². The molecular formula is C22H22N4O2. The Morgan fingerprint density at radius 2 is 1.61 bits per heavy atom. The molecule has 0 spiro atoms. The van der Waals surface area contributed by atoms with Crippen LogP contribution in [0.4, 0.5) is 0 Å². The van der Waals surface area contributed by atoms with Gasteiger partial charge in [-0.15, -0.1) is 0 Å². The van der Waals surface area contributed by atoms with E-state index in [1.807, 2.05) is 69.0 Å². The van der Waals surface area contributed by atoms with Gasteiger partial charge in [0.05, 0.1) is 11.2 Å². The molecule has 1 aliphatic heterocycles. The lowest BCUT2D eigenvalue weighted by atomic mass is 10.1. The molecule has 1 saturated heterocycles. The Bertz CT molecular complexity index is 995. The van der Waals surface area contributed by atoms with Crippen molar-refractivity contribution in [1.29, 1.82) is 0 Å². The number of rotatable bonds is 3. The lowest BCUT2D eigenvalue weighted by molar-refractivity contribution is -0.134. The Labute approximate surface area is 163 Å². The first-order valence-electron chi connectivity index (χ1n) is 9.82. The smallest absolute Gasteiger partial charge is 0.253 e. The minimum absolute atomic E-state index is 0.0278. The summed E-state index contributed by atoms with van der Waals surface area (Å²) in [5.41, 5.74) is 3.59. The topological polar surface area (TPSA) is 57.9 Å². The Hall–Kier alpha value is -3.15. The van der Waals surface area contributed by atoms with Crippen molar-refractivity contribution in [1.82, 2.24) is 19.4 Å². The Kier molecular flexibility index (Phi) is 4.11. The maximum absolute atomic E-state index is 12.8. The second-order valence-corrected chi connectivity index (χ2v) is 7.57. The van der Waals surface area contributed by atoms with Crippen molar-refractivity contribution < 1.29 is 9.59 Å². The zero-order valence-electron chi connectivity index (χ0n) is 15.6. The third kappa shape index (κ3) is 3.15. The highest BCUT2D eigenvalue weighted by atomic mass is 16.2. The molecule has 3 aromatic rings. The van der Waals surface area contributed by atoms with Gasteiger partial charge in [0, 0.05) is 49.4 Å². The zero-order chi connectivity index (χ0) is 19.1. The van der Waals surface area contributed by atoms with Gasteiger partial charge in [-0.05, 0) is 43.2 Å². The summed E-state index contributed by atoms with van der Waals surface area (Å²) in [6, 6.07) is 15.6. The number of piperazine rings is 1. The first-order valence-corrected chi connectivity index (χ1v) is 9.82. The van der Waals surface area contributed by atoms with Crippen molar-refractivity contribution in [3.8, 4) is 11.3 Å². The average Bonchev–Trinajstić information content (AvgIpc) is 3.51. The highest BCUT2D eigenvalue weighted by Gasteiger charge is 2.35. The number of hydrogen-bond donors (Lipinski definition) is 0. The van der Waals surface area contributed by atoms with E-state index in [1.165, 1.54) is 0 Å². The second-order valence-electron chi connectivity index (χ2n) is 7.57. The van der Waals surface area contributed by atoms with Crippen LogP contribution in [0.5, 0.6) is 0 Å². The summed E-state index contributed by atoms with van der Waals surface area (Å²) in [6.07, 6.45) is 3.97. The van der Waals surface area contributed by atoms with Crippen molar-refractivity contribution in [2.45, 2.75) is 12.8 Å². The minimum atomic E-state index is 0.0278. The number of nitrogens with zero attached hydrogens (tertiary/aromatic N) is 4. The van der Waals surface area contributed by atoms with Crippen LogP contribution in [0.2, 0.25) is 0 Å². The molecule has 6 heteroatoms. The summed E-state index contributed by atoms with van der Waals surface area (Å²) >= 11 is 0. The van der Waals surface area contributed by atoms with Crippen LogP contribution in [0, 0.1) is 5.92 Å². The molecule has 2 aromatic heterocycles. The molecule has 2 amide bonds. The van der Waals surface area contributed by atoms with Gasteiger partial charge in [0.25, 0.3) is 5.91 Å². The molecule has 0 N–H and O–H groups in total. The molecule has 2 fully saturated rings. The Balaban J connectivity index is 1.26. The fourth-order valence-electron chi connectivity index (χ4n) is 3.76. The molecular weight excluding hydrogens is 352 g/mol. The number of carbonyl (C=O) groups excluding carboxylic acids is 2. The minimum Gasteiger partial charge on any atom is -0.339 e. The molecule has 6 nitrogen and oxygen atoms in total. The molecule has 2 aliphatic rings. The molecule has 0 atom stereocenters. The van der Waals surface area contributed by atoms with E-state index in [1.54, 1.807) is 0 Å². The van der Waals surface area contributed by atoms with E-state index in [4.69, 9.17) is 0 Å². The quantitative estimate of drug-likeness (QED) is 0.708. The summed E-state index contributed by atoms with van der Waals surface area (Å²) in [5.74, 6) is 0.540. The fourth-order valence-corrected chi connectivity index (χ4v) is 3.76. The van der Waals surface area contributed by atoms with Crippen LogP contribution in [0.25, 0.3) is 16.8 Å². The van der Waals surface area contributed by atoms with Gasteiger partial charge >= 0.3 is 0 Å².